The quantitative estimate of drug-likeness (QED) is 0.783. The van der Waals surface area contributed by atoms with Gasteiger partial charge >= 0.3 is 5.97 Å². The van der Waals surface area contributed by atoms with E-state index in [1.807, 2.05) is 0 Å². The second-order valence-electron chi connectivity index (χ2n) is 7.09. The Morgan fingerprint density at radius 2 is 1.85 bits per heavy atom. The van der Waals surface area contributed by atoms with Gasteiger partial charge in [0.2, 0.25) is 0 Å². The monoisotopic (exact) mass is 280 g/mol. The van der Waals surface area contributed by atoms with Gasteiger partial charge < -0.3 is 10.5 Å². The predicted molar refractivity (Wildman–Crippen MR) is 78.1 cm³/mol. The van der Waals surface area contributed by atoms with Crippen molar-refractivity contribution in [1.29, 1.82) is 0 Å². The molecular formula is C16H28N2O2. The van der Waals surface area contributed by atoms with Gasteiger partial charge in [-0.25, -0.2) is 0 Å². The van der Waals surface area contributed by atoms with E-state index in [1.54, 1.807) is 0 Å². The molecule has 4 atom stereocenters. The minimum Gasteiger partial charge on any atom is -0.469 e. The van der Waals surface area contributed by atoms with E-state index in [4.69, 9.17) is 10.5 Å². The fourth-order valence-electron chi connectivity index (χ4n) is 5.03. The number of carbonyl (C=O) groups excluding carboxylic acids is 1. The summed E-state index contributed by atoms with van der Waals surface area (Å²) in [5.41, 5.74) is 6.04. The molecule has 2 aliphatic heterocycles. The third-order valence-electron chi connectivity index (χ3n) is 6.21. The Bertz CT molecular complexity index is 365. The zero-order chi connectivity index (χ0) is 14.3. The summed E-state index contributed by atoms with van der Waals surface area (Å²) in [5.74, 6) is 1.30. The van der Waals surface area contributed by atoms with Crippen molar-refractivity contribution >= 4 is 5.97 Å². The average Bonchev–Trinajstić information content (AvgIpc) is 2.70. The fourth-order valence-corrected chi connectivity index (χ4v) is 5.03. The van der Waals surface area contributed by atoms with Crippen molar-refractivity contribution in [3.8, 4) is 0 Å². The number of piperidine rings is 1. The number of hydrogen-bond acceptors (Lipinski definition) is 4. The van der Waals surface area contributed by atoms with Crippen molar-refractivity contribution in [2.24, 2.45) is 23.5 Å². The number of nitrogens with two attached hydrogens (primary N) is 1. The number of rotatable bonds is 2. The zero-order valence-electron chi connectivity index (χ0n) is 12.8. The predicted octanol–water partition coefficient (Wildman–Crippen LogP) is 1.78. The molecule has 3 fully saturated rings. The number of fused-ring (bicyclic) bond motifs is 2. The molecule has 0 aromatic carbocycles. The van der Waals surface area contributed by atoms with Crippen LogP contribution in [0.25, 0.3) is 0 Å². The van der Waals surface area contributed by atoms with E-state index in [2.05, 4.69) is 11.9 Å². The van der Waals surface area contributed by atoms with Crippen LogP contribution in [0.4, 0.5) is 0 Å². The van der Waals surface area contributed by atoms with Crippen molar-refractivity contribution in [2.45, 2.75) is 63.1 Å². The summed E-state index contributed by atoms with van der Waals surface area (Å²) in [6.45, 7) is 0. The molecule has 114 valence electrons. The lowest BCUT2D eigenvalue weighted by Gasteiger charge is -2.46. The maximum atomic E-state index is 12.3. The van der Waals surface area contributed by atoms with E-state index in [-0.39, 0.29) is 11.9 Å². The molecule has 20 heavy (non-hydrogen) atoms. The van der Waals surface area contributed by atoms with Crippen molar-refractivity contribution in [3.63, 3.8) is 0 Å². The average molecular weight is 280 g/mol. The first kappa shape index (κ1) is 14.3. The minimum atomic E-state index is 0.0158. The SMILES string of the molecule is COC(=O)C1C2CC[C@H](C[C@@H]1C1CCC(N)CC1)N2C. The van der Waals surface area contributed by atoms with Crippen LogP contribution in [-0.2, 0) is 9.53 Å². The smallest absolute Gasteiger partial charge is 0.310 e. The number of methoxy groups -OCH3 is 1. The van der Waals surface area contributed by atoms with Crippen LogP contribution in [0.1, 0.15) is 44.9 Å². The van der Waals surface area contributed by atoms with E-state index in [0.717, 1.165) is 19.3 Å². The topological polar surface area (TPSA) is 55.6 Å². The Kier molecular flexibility index (Phi) is 4.04. The highest BCUT2D eigenvalue weighted by Gasteiger charge is 2.51. The molecule has 2 unspecified atom stereocenters. The molecule has 0 aromatic rings. The summed E-state index contributed by atoms with van der Waals surface area (Å²) >= 11 is 0. The van der Waals surface area contributed by atoms with Gasteiger partial charge in [0.05, 0.1) is 13.0 Å². The van der Waals surface area contributed by atoms with Crippen LogP contribution in [0.5, 0.6) is 0 Å². The van der Waals surface area contributed by atoms with Crippen LogP contribution in [-0.4, -0.2) is 43.2 Å². The second kappa shape index (κ2) is 5.64. The van der Waals surface area contributed by atoms with Crippen LogP contribution >= 0.6 is 0 Å². The normalized spacial score (nSPS) is 45.4. The Morgan fingerprint density at radius 1 is 1.15 bits per heavy atom. The summed E-state index contributed by atoms with van der Waals surface area (Å²) in [5, 5.41) is 0. The Balaban J connectivity index is 1.79. The molecule has 1 aliphatic carbocycles. The lowest BCUT2D eigenvalue weighted by Crippen LogP contribution is -2.52. The molecule has 1 saturated carbocycles. The Labute approximate surface area is 122 Å². The number of ether oxygens (including phenoxy) is 1. The Hall–Kier alpha value is -0.610. The summed E-state index contributed by atoms with van der Waals surface area (Å²) < 4.78 is 5.14. The van der Waals surface area contributed by atoms with Crippen LogP contribution < -0.4 is 5.73 Å². The first-order chi connectivity index (χ1) is 9.61. The molecular weight excluding hydrogens is 252 g/mol. The summed E-state index contributed by atoms with van der Waals surface area (Å²) in [6, 6.07) is 1.47. The molecule has 2 saturated heterocycles. The van der Waals surface area contributed by atoms with E-state index >= 15 is 0 Å². The maximum Gasteiger partial charge on any atom is 0.310 e. The van der Waals surface area contributed by atoms with E-state index in [9.17, 15) is 4.79 Å². The van der Waals surface area contributed by atoms with Gasteiger partial charge in [-0.1, -0.05) is 0 Å². The molecule has 2 N–H and O–H groups in total. The second-order valence-corrected chi connectivity index (χ2v) is 7.09. The van der Waals surface area contributed by atoms with Crippen molar-refractivity contribution in [2.75, 3.05) is 14.2 Å². The summed E-state index contributed by atoms with van der Waals surface area (Å²) in [7, 11) is 3.72. The van der Waals surface area contributed by atoms with Gasteiger partial charge in [0.1, 0.15) is 0 Å². The van der Waals surface area contributed by atoms with Crippen LogP contribution in [0.15, 0.2) is 0 Å². The molecule has 2 bridgehead atoms. The standard InChI is InChI=1S/C16H28N2O2/c1-18-12-7-8-14(18)15(16(19)20-2)13(9-12)10-3-5-11(17)6-4-10/h10-15H,3-9,17H2,1-2H3/t10?,11?,12-,13-,14?,15?/m1/s1. The highest BCUT2D eigenvalue weighted by Crippen LogP contribution is 2.47. The molecule has 0 spiro atoms. The van der Waals surface area contributed by atoms with Crippen LogP contribution in [0, 0.1) is 17.8 Å². The zero-order valence-corrected chi connectivity index (χ0v) is 12.8. The molecule has 0 amide bonds. The number of esters is 1. The Morgan fingerprint density at radius 3 is 2.50 bits per heavy atom. The molecule has 3 aliphatic rings. The van der Waals surface area contributed by atoms with Gasteiger partial charge in [0, 0.05) is 18.1 Å². The van der Waals surface area contributed by atoms with Gasteiger partial charge in [-0.05, 0) is 63.8 Å². The first-order valence-electron chi connectivity index (χ1n) is 8.17. The highest BCUT2D eigenvalue weighted by molar-refractivity contribution is 5.74. The lowest BCUT2D eigenvalue weighted by atomic mass is 9.68. The fraction of sp³-hybridized carbons (Fsp3) is 0.938. The van der Waals surface area contributed by atoms with Gasteiger partial charge in [-0.15, -0.1) is 0 Å². The van der Waals surface area contributed by atoms with Crippen LogP contribution in [0.3, 0.4) is 0 Å². The first-order valence-corrected chi connectivity index (χ1v) is 8.17. The van der Waals surface area contributed by atoms with Crippen molar-refractivity contribution in [1.82, 2.24) is 4.90 Å². The van der Waals surface area contributed by atoms with E-state index in [0.29, 0.717) is 30.0 Å². The van der Waals surface area contributed by atoms with Gasteiger partial charge in [0.15, 0.2) is 0 Å². The minimum absolute atomic E-state index is 0.0158. The van der Waals surface area contributed by atoms with E-state index in [1.165, 1.54) is 32.8 Å². The molecule has 4 nitrogen and oxygen atoms in total. The third-order valence-corrected chi connectivity index (χ3v) is 6.21. The van der Waals surface area contributed by atoms with Gasteiger partial charge in [-0.3, -0.25) is 9.69 Å². The number of carbonyl (C=O) groups is 1. The molecule has 2 heterocycles. The van der Waals surface area contributed by atoms with Crippen molar-refractivity contribution in [3.05, 3.63) is 0 Å². The number of nitrogens with zero attached hydrogens (tertiary/aromatic N) is 1. The van der Waals surface area contributed by atoms with Crippen molar-refractivity contribution < 1.29 is 9.53 Å². The molecule has 0 radical (unpaired) electrons. The largest absolute Gasteiger partial charge is 0.469 e. The van der Waals surface area contributed by atoms with Gasteiger partial charge in [0.25, 0.3) is 0 Å². The van der Waals surface area contributed by atoms with Crippen LogP contribution in [0.2, 0.25) is 0 Å². The number of hydrogen-bond donors (Lipinski definition) is 1. The molecule has 4 heteroatoms. The third kappa shape index (κ3) is 2.37. The molecule has 3 rings (SSSR count). The summed E-state index contributed by atoms with van der Waals surface area (Å²) in [6.07, 6.45) is 8.22. The molecule has 0 aromatic heterocycles. The maximum absolute atomic E-state index is 12.3. The summed E-state index contributed by atoms with van der Waals surface area (Å²) in [4.78, 5) is 14.8. The van der Waals surface area contributed by atoms with Gasteiger partial charge in [-0.2, -0.15) is 0 Å². The lowest BCUT2D eigenvalue weighted by molar-refractivity contribution is -0.154. The highest BCUT2D eigenvalue weighted by atomic mass is 16.5. The van der Waals surface area contributed by atoms with E-state index < -0.39 is 0 Å².